The van der Waals surface area contributed by atoms with E-state index in [4.69, 9.17) is 9.51 Å². The molecule has 0 amide bonds. The molecule has 0 radical (unpaired) electrons. The normalized spacial score (nSPS) is 19.6. The zero-order chi connectivity index (χ0) is 26.4. The second-order valence-electron chi connectivity index (χ2n) is 10.1. The lowest BCUT2D eigenvalue weighted by Gasteiger charge is -2.39. The molecule has 9 heteroatoms. The molecule has 37 heavy (non-hydrogen) atoms. The van der Waals surface area contributed by atoms with Crippen LogP contribution in [0.5, 0.6) is 0 Å². The standard InChI is InChI=1S/C28H29F2N5O2/c1-5-16-10-11-28(6-2,23-15-31-14-22(32-23)20-13-24(37-35-20)27(3,4)36)26-17(16)12-21(33-34-26)25-18(29)8-7-9-19(25)30/h7-9,12-16,36H,5-6,10-11H2,1-4H3/t16-,28+/m0/s1. The van der Waals surface area contributed by atoms with Crippen molar-refractivity contribution in [1.29, 1.82) is 0 Å². The molecule has 192 valence electrons. The summed E-state index contributed by atoms with van der Waals surface area (Å²) in [6.07, 6.45) is 6.52. The molecule has 0 aliphatic heterocycles. The van der Waals surface area contributed by atoms with E-state index in [9.17, 15) is 13.9 Å². The highest BCUT2D eigenvalue weighted by Crippen LogP contribution is 2.49. The summed E-state index contributed by atoms with van der Waals surface area (Å²) < 4.78 is 34.4. The molecule has 3 aromatic heterocycles. The van der Waals surface area contributed by atoms with E-state index in [1.165, 1.54) is 18.2 Å². The summed E-state index contributed by atoms with van der Waals surface area (Å²) >= 11 is 0. The highest BCUT2D eigenvalue weighted by molar-refractivity contribution is 5.62. The van der Waals surface area contributed by atoms with Gasteiger partial charge in [-0.3, -0.25) is 4.98 Å². The molecule has 0 saturated carbocycles. The van der Waals surface area contributed by atoms with Crippen molar-refractivity contribution in [3.63, 3.8) is 0 Å². The Morgan fingerprint density at radius 3 is 2.46 bits per heavy atom. The minimum absolute atomic E-state index is 0.171. The zero-order valence-electron chi connectivity index (χ0n) is 21.3. The summed E-state index contributed by atoms with van der Waals surface area (Å²) in [6, 6.07) is 7.22. The van der Waals surface area contributed by atoms with Crippen molar-refractivity contribution in [3.05, 3.63) is 77.1 Å². The van der Waals surface area contributed by atoms with Crippen LogP contribution in [0.2, 0.25) is 0 Å². The van der Waals surface area contributed by atoms with Gasteiger partial charge in [0.25, 0.3) is 0 Å². The van der Waals surface area contributed by atoms with Gasteiger partial charge in [-0.15, -0.1) is 5.10 Å². The van der Waals surface area contributed by atoms with E-state index in [0.29, 0.717) is 23.6 Å². The maximum Gasteiger partial charge on any atom is 0.168 e. The van der Waals surface area contributed by atoms with Gasteiger partial charge in [-0.2, -0.15) is 5.10 Å². The van der Waals surface area contributed by atoms with Crippen LogP contribution >= 0.6 is 0 Å². The molecule has 1 aliphatic carbocycles. The predicted molar refractivity (Wildman–Crippen MR) is 133 cm³/mol. The Kier molecular flexibility index (Phi) is 6.35. The summed E-state index contributed by atoms with van der Waals surface area (Å²) in [6.45, 7) is 7.41. The average molecular weight is 506 g/mol. The summed E-state index contributed by atoms with van der Waals surface area (Å²) in [7, 11) is 0. The smallest absolute Gasteiger partial charge is 0.168 e. The number of hydrogen-bond acceptors (Lipinski definition) is 7. The molecule has 0 bridgehead atoms. The number of hydrogen-bond donors (Lipinski definition) is 1. The largest absolute Gasteiger partial charge is 0.382 e. The third kappa shape index (κ3) is 4.31. The van der Waals surface area contributed by atoms with Gasteiger partial charge in [-0.1, -0.05) is 25.1 Å². The van der Waals surface area contributed by atoms with Gasteiger partial charge in [-0.25, -0.2) is 13.8 Å². The lowest BCUT2D eigenvalue weighted by atomic mass is 9.65. The quantitative estimate of drug-likeness (QED) is 0.339. The second-order valence-corrected chi connectivity index (χ2v) is 10.1. The molecule has 5 rings (SSSR count). The van der Waals surface area contributed by atoms with E-state index < -0.39 is 22.7 Å². The number of fused-ring (bicyclic) bond motifs is 1. The van der Waals surface area contributed by atoms with Crippen molar-refractivity contribution in [2.24, 2.45) is 0 Å². The minimum atomic E-state index is -1.18. The van der Waals surface area contributed by atoms with Crippen molar-refractivity contribution in [1.82, 2.24) is 25.3 Å². The van der Waals surface area contributed by atoms with Gasteiger partial charge in [0.05, 0.1) is 34.3 Å². The third-order valence-electron chi connectivity index (χ3n) is 7.45. The molecule has 2 atom stereocenters. The number of aromatic nitrogens is 5. The van der Waals surface area contributed by atoms with Gasteiger partial charge in [-0.05, 0) is 69.2 Å². The third-order valence-corrected chi connectivity index (χ3v) is 7.45. The topological polar surface area (TPSA) is 97.8 Å². The zero-order valence-corrected chi connectivity index (χ0v) is 21.3. The van der Waals surface area contributed by atoms with Crippen LogP contribution in [0.25, 0.3) is 22.6 Å². The summed E-state index contributed by atoms with van der Waals surface area (Å²) in [4.78, 5) is 9.36. The van der Waals surface area contributed by atoms with Gasteiger partial charge < -0.3 is 9.63 Å². The molecular formula is C28H29F2N5O2. The van der Waals surface area contributed by atoms with Crippen molar-refractivity contribution in [2.75, 3.05) is 0 Å². The molecule has 4 aromatic rings. The van der Waals surface area contributed by atoms with Crippen LogP contribution in [-0.2, 0) is 11.0 Å². The lowest BCUT2D eigenvalue weighted by Crippen LogP contribution is -2.36. The average Bonchev–Trinajstić information content (AvgIpc) is 3.39. The maximum absolute atomic E-state index is 14.6. The van der Waals surface area contributed by atoms with E-state index in [-0.39, 0.29) is 17.2 Å². The Morgan fingerprint density at radius 2 is 1.81 bits per heavy atom. The Balaban J connectivity index is 1.63. The number of rotatable bonds is 6. The SMILES string of the molecule is CC[C@H]1CC[C@](CC)(c2cncc(-c3cc(C(C)(C)O)on3)n2)c2nnc(-c3c(F)cccc3F)cc21. The van der Waals surface area contributed by atoms with E-state index in [2.05, 4.69) is 34.2 Å². The monoisotopic (exact) mass is 505 g/mol. The molecule has 1 N–H and O–H groups in total. The molecule has 0 unspecified atom stereocenters. The molecule has 1 aromatic carbocycles. The fraction of sp³-hybridized carbons (Fsp3) is 0.393. The van der Waals surface area contributed by atoms with Gasteiger partial charge in [0.2, 0.25) is 0 Å². The van der Waals surface area contributed by atoms with Crippen LogP contribution in [0.15, 0.2) is 47.2 Å². The van der Waals surface area contributed by atoms with Crippen LogP contribution in [-0.4, -0.2) is 30.4 Å². The van der Waals surface area contributed by atoms with E-state index in [0.717, 1.165) is 36.2 Å². The Morgan fingerprint density at radius 1 is 1.05 bits per heavy atom. The van der Waals surface area contributed by atoms with Crippen molar-refractivity contribution < 1.29 is 18.4 Å². The maximum atomic E-state index is 14.6. The predicted octanol–water partition coefficient (Wildman–Crippen LogP) is 6.08. The van der Waals surface area contributed by atoms with Crippen molar-refractivity contribution in [3.8, 4) is 22.6 Å². The first-order chi connectivity index (χ1) is 17.7. The first-order valence-electron chi connectivity index (χ1n) is 12.5. The van der Waals surface area contributed by atoms with E-state index in [1.807, 2.05) is 0 Å². The lowest BCUT2D eigenvalue weighted by molar-refractivity contribution is 0.0476. The number of halogens is 2. The summed E-state index contributed by atoms with van der Waals surface area (Å²) in [5.74, 6) is -0.833. The van der Waals surface area contributed by atoms with Gasteiger partial charge >= 0.3 is 0 Å². The van der Waals surface area contributed by atoms with Gasteiger partial charge in [0, 0.05) is 12.3 Å². The van der Waals surface area contributed by atoms with Crippen LogP contribution in [0, 0.1) is 11.6 Å². The fourth-order valence-corrected chi connectivity index (χ4v) is 5.25. The Labute approximate surface area is 214 Å². The number of aliphatic hydroxyl groups is 1. The molecule has 0 fully saturated rings. The van der Waals surface area contributed by atoms with Crippen molar-refractivity contribution >= 4 is 0 Å². The van der Waals surface area contributed by atoms with Crippen molar-refractivity contribution in [2.45, 2.75) is 70.3 Å². The molecule has 1 aliphatic rings. The van der Waals surface area contributed by atoms with E-state index >= 15 is 0 Å². The van der Waals surface area contributed by atoms with Crippen LogP contribution in [0.4, 0.5) is 8.78 Å². The highest BCUT2D eigenvalue weighted by atomic mass is 19.1. The van der Waals surface area contributed by atoms with Gasteiger partial charge in [0.1, 0.15) is 28.6 Å². The van der Waals surface area contributed by atoms with Crippen LogP contribution in [0.3, 0.4) is 0 Å². The van der Waals surface area contributed by atoms with Crippen LogP contribution in [0.1, 0.15) is 82.0 Å². The van der Waals surface area contributed by atoms with Gasteiger partial charge in [0.15, 0.2) is 5.76 Å². The molecule has 3 heterocycles. The molecular weight excluding hydrogens is 476 g/mol. The molecule has 0 spiro atoms. The summed E-state index contributed by atoms with van der Waals surface area (Å²) in [5, 5.41) is 23.2. The first kappa shape index (κ1) is 25.1. The van der Waals surface area contributed by atoms with Crippen LogP contribution < -0.4 is 0 Å². The fourth-order valence-electron chi connectivity index (χ4n) is 5.25. The molecule has 0 saturated heterocycles. The Bertz CT molecular complexity index is 1430. The Hall–Kier alpha value is -3.59. The second kappa shape index (κ2) is 9.37. The first-order valence-corrected chi connectivity index (χ1v) is 12.5. The van der Waals surface area contributed by atoms with E-state index in [1.54, 1.807) is 38.4 Å². The summed E-state index contributed by atoms with van der Waals surface area (Å²) in [5.41, 5.74) is 1.65. The molecule has 7 nitrogen and oxygen atoms in total. The minimum Gasteiger partial charge on any atom is -0.382 e. The number of benzene rings is 1. The highest BCUT2D eigenvalue weighted by Gasteiger charge is 2.43. The number of nitrogens with zero attached hydrogens (tertiary/aromatic N) is 5.